The first kappa shape index (κ1) is 12.1. The SMILES string of the molecule is COCCn1c(=O)c(C#N)c(C)c2c(N)[nH]nc21. The topological polar surface area (TPSA) is 110 Å². The van der Waals surface area contributed by atoms with Gasteiger partial charge in [0, 0.05) is 7.11 Å². The highest BCUT2D eigenvalue weighted by Crippen LogP contribution is 2.22. The highest BCUT2D eigenvalue weighted by atomic mass is 16.5. The second kappa shape index (κ2) is 4.50. The maximum absolute atomic E-state index is 12.1. The van der Waals surface area contributed by atoms with E-state index in [0.717, 1.165) is 0 Å². The normalized spacial score (nSPS) is 10.7. The molecule has 0 spiro atoms. The summed E-state index contributed by atoms with van der Waals surface area (Å²) in [5.41, 5.74) is 6.50. The van der Waals surface area contributed by atoms with E-state index in [4.69, 9.17) is 15.7 Å². The number of nitriles is 1. The van der Waals surface area contributed by atoms with Gasteiger partial charge in [0.25, 0.3) is 5.56 Å². The third kappa shape index (κ3) is 1.63. The predicted octanol–water partition coefficient (Wildman–Crippen LogP) is 0.133. The second-order valence-electron chi connectivity index (χ2n) is 3.90. The van der Waals surface area contributed by atoms with Crippen LogP contribution in [0.1, 0.15) is 11.1 Å². The minimum absolute atomic E-state index is 0.0895. The van der Waals surface area contributed by atoms with E-state index in [9.17, 15) is 4.79 Å². The fourth-order valence-electron chi connectivity index (χ4n) is 1.95. The summed E-state index contributed by atoms with van der Waals surface area (Å²) < 4.78 is 6.35. The number of nitrogens with two attached hydrogens (primary N) is 1. The number of pyridine rings is 1. The van der Waals surface area contributed by atoms with Gasteiger partial charge < -0.3 is 10.5 Å². The average molecular weight is 247 g/mol. The molecule has 2 rings (SSSR count). The predicted molar refractivity (Wildman–Crippen MR) is 66.1 cm³/mol. The largest absolute Gasteiger partial charge is 0.384 e. The summed E-state index contributed by atoms with van der Waals surface area (Å²) in [5, 5.41) is 16.3. The minimum Gasteiger partial charge on any atom is -0.384 e. The van der Waals surface area contributed by atoms with Crippen LogP contribution in [0.5, 0.6) is 0 Å². The Morgan fingerprint density at radius 2 is 2.33 bits per heavy atom. The Morgan fingerprint density at radius 1 is 1.61 bits per heavy atom. The Balaban J connectivity index is 2.84. The Labute approximate surface area is 103 Å². The molecule has 0 aliphatic rings. The van der Waals surface area contributed by atoms with E-state index >= 15 is 0 Å². The van der Waals surface area contributed by atoms with Gasteiger partial charge in [0.2, 0.25) is 0 Å². The fraction of sp³-hybridized carbons (Fsp3) is 0.364. The Kier molecular flexibility index (Phi) is 3.04. The standard InChI is InChI=1S/C11H13N5O2/c1-6-7(5-12)11(17)16(3-4-18-2)10-8(6)9(13)14-15-10/h3-4H2,1-2H3,(H3,13,14,15). The number of hydrogen-bond acceptors (Lipinski definition) is 5. The summed E-state index contributed by atoms with van der Waals surface area (Å²) in [5.74, 6) is 0.352. The van der Waals surface area contributed by atoms with E-state index in [1.54, 1.807) is 14.0 Å². The lowest BCUT2D eigenvalue weighted by molar-refractivity contribution is 0.187. The maximum atomic E-state index is 12.1. The van der Waals surface area contributed by atoms with Crippen LogP contribution in [0.4, 0.5) is 5.82 Å². The van der Waals surface area contributed by atoms with Crippen molar-refractivity contribution in [2.45, 2.75) is 13.5 Å². The molecule has 0 aromatic carbocycles. The van der Waals surface area contributed by atoms with Crippen LogP contribution in [-0.4, -0.2) is 28.5 Å². The van der Waals surface area contributed by atoms with Crippen molar-refractivity contribution in [1.82, 2.24) is 14.8 Å². The van der Waals surface area contributed by atoms with Gasteiger partial charge in [-0.25, -0.2) is 0 Å². The molecule has 0 fully saturated rings. The molecule has 0 radical (unpaired) electrons. The van der Waals surface area contributed by atoms with E-state index in [-0.39, 0.29) is 11.1 Å². The number of fused-ring (bicyclic) bond motifs is 1. The van der Waals surface area contributed by atoms with Crippen LogP contribution >= 0.6 is 0 Å². The van der Waals surface area contributed by atoms with Crippen LogP contribution in [0.15, 0.2) is 4.79 Å². The Bertz CT molecular complexity index is 692. The van der Waals surface area contributed by atoms with Crippen molar-refractivity contribution in [3.8, 4) is 6.07 Å². The zero-order chi connectivity index (χ0) is 13.3. The number of rotatable bonds is 3. The molecule has 0 unspecified atom stereocenters. The molecule has 0 aliphatic heterocycles. The molecule has 0 amide bonds. The van der Waals surface area contributed by atoms with Crippen molar-refractivity contribution >= 4 is 16.9 Å². The molecule has 0 atom stereocenters. The van der Waals surface area contributed by atoms with Gasteiger partial charge in [-0.3, -0.25) is 14.5 Å². The van der Waals surface area contributed by atoms with Gasteiger partial charge in [-0.2, -0.15) is 10.4 Å². The average Bonchev–Trinajstić information content (AvgIpc) is 2.72. The number of aromatic amines is 1. The zero-order valence-electron chi connectivity index (χ0n) is 10.1. The van der Waals surface area contributed by atoms with Crippen LogP contribution in [-0.2, 0) is 11.3 Å². The first-order chi connectivity index (χ1) is 8.61. The number of aromatic nitrogens is 3. The Morgan fingerprint density at radius 3 is 2.94 bits per heavy atom. The molecule has 0 saturated carbocycles. The third-order valence-electron chi connectivity index (χ3n) is 2.87. The molecule has 0 saturated heterocycles. The molecule has 7 nitrogen and oxygen atoms in total. The fourth-order valence-corrected chi connectivity index (χ4v) is 1.95. The lowest BCUT2D eigenvalue weighted by Gasteiger charge is -2.08. The number of anilines is 1. The highest BCUT2D eigenvalue weighted by molar-refractivity contribution is 5.90. The van der Waals surface area contributed by atoms with Crippen molar-refractivity contribution in [3.05, 3.63) is 21.5 Å². The summed E-state index contributed by atoms with van der Waals surface area (Å²) in [4.78, 5) is 12.1. The lowest BCUT2D eigenvalue weighted by Crippen LogP contribution is -2.26. The van der Waals surface area contributed by atoms with Crippen molar-refractivity contribution in [2.24, 2.45) is 0 Å². The Hall–Kier alpha value is -2.33. The van der Waals surface area contributed by atoms with Gasteiger partial charge in [0.15, 0.2) is 5.65 Å². The van der Waals surface area contributed by atoms with Gasteiger partial charge in [0.1, 0.15) is 17.5 Å². The number of aryl methyl sites for hydroxylation is 1. The number of H-pyrrole nitrogens is 1. The molecule has 0 aliphatic carbocycles. The van der Waals surface area contributed by atoms with Crippen LogP contribution in [0.2, 0.25) is 0 Å². The number of hydrogen-bond donors (Lipinski definition) is 2. The van der Waals surface area contributed by atoms with Crippen molar-refractivity contribution in [1.29, 1.82) is 5.26 Å². The monoisotopic (exact) mass is 247 g/mol. The molecule has 0 bridgehead atoms. The van der Waals surface area contributed by atoms with Gasteiger partial charge >= 0.3 is 0 Å². The molecular formula is C11H13N5O2. The minimum atomic E-state index is -0.369. The smallest absolute Gasteiger partial charge is 0.270 e. The third-order valence-corrected chi connectivity index (χ3v) is 2.87. The summed E-state index contributed by atoms with van der Waals surface area (Å²) >= 11 is 0. The molecule has 7 heteroatoms. The zero-order valence-corrected chi connectivity index (χ0v) is 10.1. The van der Waals surface area contributed by atoms with Crippen LogP contribution in [0, 0.1) is 18.3 Å². The van der Waals surface area contributed by atoms with Gasteiger partial charge in [0.05, 0.1) is 18.5 Å². The molecule has 2 aromatic rings. The summed E-state index contributed by atoms with van der Waals surface area (Å²) in [6.07, 6.45) is 0. The van der Waals surface area contributed by atoms with Crippen molar-refractivity contribution < 1.29 is 4.74 Å². The summed E-state index contributed by atoms with van der Waals surface area (Å²) in [6, 6.07) is 1.92. The van der Waals surface area contributed by atoms with Crippen molar-refractivity contribution in [3.63, 3.8) is 0 Å². The first-order valence-corrected chi connectivity index (χ1v) is 5.37. The number of nitrogens with zero attached hydrogens (tertiary/aromatic N) is 3. The first-order valence-electron chi connectivity index (χ1n) is 5.37. The number of nitrogens with one attached hydrogen (secondary N) is 1. The quantitative estimate of drug-likeness (QED) is 0.801. The molecule has 18 heavy (non-hydrogen) atoms. The molecular weight excluding hydrogens is 234 g/mol. The molecule has 2 aromatic heterocycles. The van der Waals surface area contributed by atoms with E-state index < -0.39 is 0 Å². The van der Waals surface area contributed by atoms with E-state index in [0.29, 0.717) is 35.6 Å². The van der Waals surface area contributed by atoms with E-state index in [1.807, 2.05) is 6.07 Å². The van der Waals surface area contributed by atoms with Gasteiger partial charge in [-0.15, -0.1) is 0 Å². The second-order valence-corrected chi connectivity index (χ2v) is 3.90. The highest BCUT2D eigenvalue weighted by Gasteiger charge is 2.17. The maximum Gasteiger partial charge on any atom is 0.270 e. The van der Waals surface area contributed by atoms with Crippen LogP contribution < -0.4 is 11.3 Å². The van der Waals surface area contributed by atoms with E-state index in [1.165, 1.54) is 4.57 Å². The summed E-state index contributed by atoms with van der Waals surface area (Å²) in [7, 11) is 1.54. The van der Waals surface area contributed by atoms with Gasteiger partial charge in [-0.05, 0) is 12.5 Å². The number of methoxy groups -OCH3 is 1. The van der Waals surface area contributed by atoms with Crippen LogP contribution in [0.25, 0.3) is 11.0 Å². The number of nitrogen functional groups attached to an aromatic ring is 1. The lowest BCUT2D eigenvalue weighted by atomic mass is 10.1. The van der Waals surface area contributed by atoms with E-state index in [2.05, 4.69) is 10.2 Å². The molecule has 94 valence electrons. The van der Waals surface area contributed by atoms with Crippen LogP contribution in [0.3, 0.4) is 0 Å². The molecule has 2 heterocycles. The van der Waals surface area contributed by atoms with Crippen molar-refractivity contribution in [2.75, 3.05) is 19.5 Å². The number of ether oxygens (including phenoxy) is 1. The van der Waals surface area contributed by atoms with Gasteiger partial charge in [-0.1, -0.05) is 0 Å². The molecule has 3 N–H and O–H groups in total. The summed E-state index contributed by atoms with van der Waals surface area (Å²) in [6.45, 7) is 2.37.